The fraction of sp³-hybridized carbons (Fsp3) is 0.706. The molecule has 1 aliphatic heterocycles. The SMILES string of the molecule is COCCN(C)C(=O)NCC(c1cccs1)N1CCC(C)CC1. The van der Waals surface area contributed by atoms with Crippen LogP contribution in [0.3, 0.4) is 0 Å². The first-order chi connectivity index (χ1) is 11.1. The molecule has 0 saturated carbocycles. The Morgan fingerprint density at radius 3 is 2.87 bits per heavy atom. The zero-order chi connectivity index (χ0) is 16.7. The maximum Gasteiger partial charge on any atom is 0.317 e. The van der Waals surface area contributed by atoms with E-state index in [1.54, 1.807) is 30.4 Å². The number of piperidine rings is 1. The summed E-state index contributed by atoms with van der Waals surface area (Å²) in [7, 11) is 3.45. The number of carbonyl (C=O) groups is 1. The van der Waals surface area contributed by atoms with Gasteiger partial charge in [-0.15, -0.1) is 11.3 Å². The highest BCUT2D eigenvalue weighted by atomic mass is 32.1. The second-order valence-corrected chi connectivity index (χ2v) is 7.33. The number of carbonyl (C=O) groups excluding carboxylic acids is 1. The minimum Gasteiger partial charge on any atom is -0.383 e. The summed E-state index contributed by atoms with van der Waals surface area (Å²) in [6.45, 7) is 6.36. The number of urea groups is 1. The van der Waals surface area contributed by atoms with Gasteiger partial charge in [-0.1, -0.05) is 13.0 Å². The number of amides is 2. The maximum absolute atomic E-state index is 12.2. The van der Waals surface area contributed by atoms with Crippen LogP contribution in [0.5, 0.6) is 0 Å². The van der Waals surface area contributed by atoms with Crippen molar-refractivity contribution in [2.24, 2.45) is 5.92 Å². The lowest BCUT2D eigenvalue weighted by atomic mass is 9.97. The Bertz CT molecular complexity index is 458. The Labute approximate surface area is 143 Å². The summed E-state index contributed by atoms with van der Waals surface area (Å²) < 4.78 is 5.02. The van der Waals surface area contributed by atoms with Crippen molar-refractivity contribution in [3.05, 3.63) is 22.4 Å². The third-order valence-corrected chi connectivity index (χ3v) is 5.53. The van der Waals surface area contributed by atoms with E-state index in [1.807, 2.05) is 0 Å². The Balaban J connectivity index is 1.92. The fourth-order valence-corrected chi connectivity index (χ4v) is 3.74. The number of likely N-dealkylation sites (N-methyl/N-ethyl adjacent to an activating group) is 1. The first-order valence-corrected chi connectivity index (χ1v) is 9.25. The number of likely N-dealkylation sites (tertiary alicyclic amines) is 1. The number of nitrogens with zero attached hydrogens (tertiary/aromatic N) is 2. The lowest BCUT2D eigenvalue weighted by Gasteiger charge is -2.36. The molecular formula is C17H29N3O2S. The second kappa shape index (κ2) is 9.25. The van der Waals surface area contributed by atoms with Crippen LogP contribution in [-0.4, -0.2) is 62.8 Å². The summed E-state index contributed by atoms with van der Waals surface area (Å²) in [4.78, 5) is 17.7. The van der Waals surface area contributed by atoms with Crippen LogP contribution in [0.2, 0.25) is 0 Å². The molecule has 1 N–H and O–H groups in total. The smallest absolute Gasteiger partial charge is 0.317 e. The Morgan fingerprint density at radius 2 is 2.26 bits per heavy atom. The van der Waals surface area contributed by atoms with Gasteiger partial charge in [-0.05, 0) is 43.3 Å². The maximum atomic E-state index is 12.2. The zero-order valence-corrected chi connectivity index (χ0v) is 15.3. The van der Waals surface area contributed by atoms with Crippen molar-refractivity contribution in [3.63, 3.8) is 0 Å². The molecule has 1 unspecified atom stereocenters. The lowest BCUT2D eigenvalue weighted by molar-refractivity contribution is 0.133. The van der Waals surface area contributed by atoms with Crippen molar-refractivity contribution in [1.29, 1.82) is 0 Å². The second-order valence-electron chi connectivity index (χ2n) is 6.35. The standard InChI is InChI=1S/C17H29N3O2S/c1-14-6-8-20(9-7-14)15(16-5-4-12-23-16)13-18-17(21)19(2)10-11-22-3/h4-5,12,14-15H,6-11,13H2,1-3H3,(H,18,21). The molecule has 1 fully saturated rings. The van der Waals surface area contributed by atoms with Crippen molar-refractivity contribution in [1.82, 2.24) is 15.1 Å². The predicted molar refractivity (Wildman–Crippen MR) is 94.9 cm³/mol. The molecule has 130 valence electrons. The minimum absolute atomic E-state index is 0.0333. The van der Waals surface area contributed by atoms with Gasteiger partial charge in [-0.2, -0.15) is 0 Å². The molecule has 1 aliphatic rings. The summed E-state index contributed by atoms with van der Waals surface area (Å²) in [5.74, 6) is 0.810. The van der Waals surface area contributed by atoms with Gasteiger partial charge < -0.3 is 15.0 Å². The van der Waals surface area contributed by atoms with Crippen LogP contribution in [-0.2, 0) is 4.74 Å². The van der Waals surface area contributed by atoms with E-state index in [4.69, 9.17) is 4.74 Å². The Morgan fingerprint density at radius 1 is 1.52 bits per heavy atom. The third-order valence-electron chi connectivity index (χ3n) is 4.55. The van der Waals surface area contributed by atoms with Crippen molar-refractivity contribution in [3.8, 4) is 0 Å². The number of hydrogen-bond acceptors (Lipinski definition) is 4. The van der Waals surface area contributed by atoms with E-state index >= 15 is 0 Å². The Hall–Kier alpha value is -1.11. The highest BCUT2D eigenvalue weighted by Crippen LogP contribution is 2.29. The van der Waals surface area contributed by atoms with E-state index in [0.29, 0.717) is 19.7 Å². The molecule has 2 rings (SSSR count). The Kier molecular flexibility index (Phi) is 7.33. The normalized spacial score (nSPS) is 17.9. The zero-order valence-electron chi connectivity index (χ0n) is 14.5. The van der Waals surface area contributed by atoms with Gasteiger partial charge in [-0.3, -0.25) is 4.90 Å². The van der Waals surface area contributed by atoms with Gasteiger partial charge >= 0.3 is 6.03 Å². The van der Waals surface area contributed by atoms with Crippen LogP contribution < -0.4 is 5.32 Å². The van der Waals surface area contributed by atoms with Gasteiger partial charge in [0, 0.05) is 32.1 Å². The molecule has 6 heteroatoms. The third kappa shape index (κ3) is 5.48. The number of rotatable bonds is 7. The van der Waals surface area contributed by atoms with E-state index in [-0.39, 0.29) is 12.1 Å². The highest BCUT2D eigenvalue weighted by Gasteiger charge is 2.26. The molecule has 1 aromatic heterocycles. The van der Waals surface area contributed by atoms with Gasteiger partial charge in [0.05, 0.1) is 12.6 Å². The summed E-state index contributed by atoms with van der Waals surface area (Å²) in [5.41, 5.74) is 0. The average molecular weight is 340 g/mol. The van der Waals surface area contributed by atoms with Gasteiger partial charge in [0.25, 0.3) is 0 Å². The lowest BCUT2D eigenvalue weighted by Crippen LogP contribution is -2.45. The van der Waals surface area contributed by atoms with Crippen molar-refractivity contribution in [2.75, 3.05) is 46.9 Å². The van der Waals surface area contributed by atoms with Crippen LogP contribution >= 0.6 is 11.3 Å². The minimum atomic E-state index is -0.0333. The molecule has 0 radical (unpaired) electrons. The van der Waals surface area contributed by atoms with E-state index in [2.05, 4.69) is 34.7 Å². The van der Waals surface area contributed by atoms with Gasteiger partial charge in [0.1, 0.15) is 0 Å². The molecule has 1 aromatic rings. The summed E-state index contributed by atoms with van der Waals surface area (Å²) in [5, 5.41) is 5.20. The topological polar surface area (TPSA) is 44.8 Å². The van der Waals surface area contributed by atoms with E-state index in [0.717, 1.165) is 19.0 Å². The molecule has 2 amide bonds. The van der Waals surface area contributed by atoms with Crippen molar-refractivity contribution in [2.45, 2.75) is 25.8 Å². The van der Waals surface area contributed by atoms with Gasteiger partial charge in [-0.25, -0.2) is 4.79 Å². The fourth-order valence-electron chi connectivity index (χ4n) is 2.88. The molecule has 2 heterocycles. The molecule has 1 atom stereocenters. The van der Waals surface area contributed by atoms with Crippen LogP contribution in [0, 0.1) is 5.92 Å². The number of nitrogens with one attached hydrogen (secondary N) is 1. The average Bonchev–Trinajstić information content (AvgIpc) is 3.08. The van der Waals surface area contributed by atoms with Crippen LogP contribution in [0.15, 0.2) is 17.5 Å². The van der Waals surface area contributed by atoms with Gasteiger partial charge in [0.2, 0.25) is 0 Å². The molecule has 1 saturated heterocycles. The molecule has 0 bridgehead atoms. The summed E-state index contributed by atoms with van der Waals surface area (Å²) >= 11 is 1.77. The predicted octanol–water partition coefficient (Wildman–Crippen LogP) is 2.81. The first kappa shape index (κ1) is 18.2. The summed E-state index contributed by atoms with van der Waals surface area (Å²) in [6.07, 6.45) is 2.48. The molecule has 0 aliphatic carbocycles. The highest BCUT2D eigenvalue weighted by molar-refractivity contribution is 7.10. The number of ether oxygens (including phenoxy) is 1. The van der Waals surface area contributed by atoms with E-state index in [1.165, 1.54) is 17.7 Å². The van der Waals surface area contributed by atoms with Gasteiger partial charge in [0.15, 0.2) is 0 Å². The molecule has 0 spiro atoms. The number of thiophene rings is 1. The number of hydrogen-bond donors (Lipinski definition) is 1. The van der Waals surface area contributed by atoms with Crippen LogP contribution in [0.4, 0.5) is 4.79 Å². The summed E-state index contributed by atoms with van der Waals surface area (Å²) in [6, 6.07) is 4.51. The van der Waals surface area contributed by atoms with Crippen LogP contribution in [0.1, 0.15) is 30.7 Å². The monoisotopic (exact) mass is 339 g/mol. The molecular weight excluding hydrogens is 310 g/mol. The van der Waals surface area contributed by atoms with E-state index < -0.39 is 0 Å². The molecule has 0 aromatic carbocycles. The van der Waals surface area contributed by atoms with Crippen molar-refractivity contribution < 1.29 is 9.53 Å². The van der Waals surface area contributed by atoms with Crippen LogP contribution in [0.25, 0.3) is 0 Å². The van der Waals surface area contributed by atoms with E-state index in [9.17, 15) is 4.79 Å². The molecule has 23 heavy (non-hydrogen) atoms. The van der Waals surface area contributed by atoms with Crippen molar-refractivity contribution >= 4 is 17.4 Å². The molecule has 5 nitrogen and oxygen atoms in total. The first-order valence-electron chi connectivity index (χ1n) is 8.37. The largest absolute Gasteiger partial charge is 0.383 e. The number of methoxy groups -OCH3 is 1. The quantitative estimate of drug-likeness (QED) is 0.831.